The van der Waals surface area contributed by atoms with Crippen LogP contribution in [0.3, 0.4) is 0 Å². The van der Waals surface area contributed by atoms with Crippen molar-refractivity contribution in [2.24, 2.45) is 5.92 Å². The van der Waals surface area contributed by atoms with Gasteiger partial charge in [0.2, 0.25) is 5.91 Å². The number of aryl methyl sites for hydroxylation is 2. The highest BCUT2D eigenvalue weighted by Crippen LogP contribution is 2.24. The number of phenolic OH excluding ortho intramolecular Hbond substituents is 1. The molecule has 1 fully saturated rings. The van der Waals surface area contributed by atoms with Crippen LogP contribution in [0.4, 0.5) is 5.82 Å². The molecule has 132 valence electrons. The number of aromatic hydroxyl groups is 1. The van der Waals surface area contributed by atoms with Crippen molar-refractivity contribution in [1.29, 1.82) is 0 Å². The van der Waals surface area contributed by atoms with Gasteiger partial charge in [-0.25, -0.2) is 0 Å². The van der Waals surface area contributed by atoms with Gasteiger partial charge in [-0.3, -0.25) is 9.59 Å². The van der Waals surface area contributed by atoms with Gasteiger partial charge in [0.15, 0.2) is 5.82 Å². The van der Waals surface area contributed by atoms with E-state index in [0.29, 0.717) is 43.1 Å². The van der Waals surface area contributed by atoms with Crippen LogP contribution in [-0.4, -0.2) is 40.1 Å². The molecule has 1 aliphatic heterocycles. The first kappa shape index (κ1) is 17.0. The number of nitrogens with zero attached hydrogens (tertiary/aromatic N) is 2. The first-order valence-electron chi connectivity index (χ1n) is 8.27. The van der Waals surface area contributed by atoms with Gasteiger partial charge in [0.05, 0.1) is 5.56 Å². The van der Waals surface area contributed by atoms with Crippen molar-refractivity contribution >= 4 is 17.6 Å². The van der Waals surface area contributed by atoms with Gasteiger partial charge in [-0.1, -0.05) is 11.2 Å². The minimum Gasteiger partial charge on any atom is -0.507 e. The summed E-state index contributed by atoms with van der Waals surface area (Å²) < 4.78 is 4.93. The number of aromatic nitrogens is 1. The number of anilines is 1. The quantitative estimate of drug-likeness (QED) is 0.893. The maximum atomic E-state index is 12.5. The van der Waals surface area contributed by atoms with E-state index in [2.05, 4.69) is 10.5 Å². The molecular formula is C18H21N3O4. The third-order valence-electron chi connectivity index (χ3n) is 4.42. The Balaban J connectivity index is 1.57. The number of rotatable bonds is 3. The highest BCUT2D eigenvalue weighted by atomic mass is 16.5. The summed E-state index contributed by atoms with van der Waals surface area (Å²) in [4.78, 5) is 26.5. The molecule has 0 radical (unpaired) electrons. The van der Waals surface area contributed by atoms with E-state index in [1.807, 2.05) is 6.92 Å². The van der Waals surface area contributed by atoms with E-state index < -0.39 is 0 Å². The molecular weight excluding hydrogens is 322 g/mol. The molecule has 7 heteroatoms. The number of benzene rings is 1. The van der Waals surface area contributed by atoms with Crippen molar-refractivity contribution in [3.05, 3.63) is 41.2 Å². The summed E-state index contributed by atoms with van der Waals surface area (Å²) in [6, 6.07) is 6.68. The Bertz CT molecular complexity index is 791. The zero-order valence-electron chi connectivity index (χ0n) is 14.3. The summed E-state index contributed by atoms with van der Waals surface area (Å²) in [5.41, 5.74) is 1.19. The van der Waals surface area contributed by atoms with E-state index in [9.17, 15) is 14.7 Å². The largest absolute Gasteiger partial charge is 0.507 e. The number of piperidine rings is 1. The van der Waals surface area contributed by atoms with Crippen molar-refractivity contribution in [2.45, 2.75) is 26.7 Å². The first-order chi connectivity index (χ1) is 11.9. The van der Waals surface area contributed by atoms with Crippen LogP contribution in [-0.2, 0) is 4.79 Å². The van der Waals surface area contributed by atoms with Crippen LogP contribution >= 0.6 is 0 Å². The van der Waals surface area contributed by atoms with Crippen LogP contribution < -0.4 is 5.32 Å². The minimum absolute atomic E-state index is 0.00808. The standard InChI is InChI=1S/C18H21N3O4/c1-11-3-4-14(15(22)9-11)18(24)21-7-5-13(6-8-21)17(23)19-16-10-12(2)25-20-16/h3-4,9-10,13,22H,5-8H2,1-2H3,(H,19,20,23). The molecule has 0 unspecified atom stereocenters. The van der Waals surface area contributed by atoms with Crippen LogP contribution in [0.2, 0.25) is 0 Å². The lowest BCUT2D eigenvalue weighted by Crippen LogP contribution is -2.41. The molecule has 7 nitrogen and oxygen atoms in total. The van der Waals surface area contributed by atoms with Gasteiger partial charge in [0, 0.05) is 25.1 Å². The van der Waals surface area contributed by atoms with Gasteiger partial charge >= 0.3 is 0 Å². The summed E-state index contributed by atoms with van der Waals surface area (Å²) in [5, 5.41) is 16.5. The van der Waals surface area contributed by atoms with E-state index in [1.54, 1.807) is 36.1 Å². The predicted molar refractivity (Wildman–Crippen MR) is 91.3 cm³/mol. The fourth-order valence-electron chi connectivity index (χ4n) is 2.99. The Kier molecular flexibility index (Phi) is 4.74. The lowest BCUT2D eigenvalue weighted by Gasteiger charge is -2.31. The van der Waals surface area contributed by atoms with E-state index in [1.165, 1.54) is 0 Å². The summed E-state index contributed by atoms with van der Waals surface area (Å²) in [7, 11) is 0. The van der Waals surface area contributed by atoms with Crippen LogP contribution in [0.5, 0.6) is 5.75 Å². The minimum atomic E-state index is -0.205. The summed E-state index contributed by atoms with van der Waals surface area (Å²) in [6.45, 7) is 4.56. The molecule has 2 aromatic rings. The predicted octanol–water partition coefficient (Wildman–Crippen LogP) is 2.49. The number of hydrogen-bond donors (Lipinski definition) is 2. The average molecular weight is 343 g/mol. The SMILES string of the molecule is Cc1ccc(C(=O)N2CCC(C(=O)Nc3cc(C)on3)CC2)c(O)c1. The number of amides is 2. The van der Waals surface area contributed by atoms with Crippen molar-refractivity contribution in [2.75, 3.05) is 18.4 Å². The second-order valence-electron chi connectivity index (χ2n) is 6.40. The van der Waals surface area contributed by atoms with Crippen molar-refractivity contribution in [3.8, 4) is 5.75 Å². The average Bonchev–Trinajstić information content (AvgIpc) is 2.99. The number of nitrogens with one attached hydrogen (secondary N) is 1. The monoisotopic (exact) mass is 343 g/mol. The van der Waals surface area contributed by atoms with Gasteiger partial charge in [-0.2, -0.15) is 0 Å². The molecule has 1 saturated heterocycles. The van der Waals surface area contributed by atoms with Crippen molar-refractivity contribution < 1.29 is 19.2 Å². The zero-order chi connectivity index (χ0) is 18.0. The van der Waals surface area contributed by atoms with Gasteiger partial charge in [0.25, 0.3) is 5.91 Å². The fraction of sp³-hybridized carbons (Fsp3) is 0.389. The fourth-order valence-corrected chi connectivity index (χ4v) is 2.99. The molecule has 0 saturated carbocycles. The van der Waals surface area contributed by atoms with Gasteiger partial charge in [-0.05, 0) is 44.4 Å². The number of phenols is 1. The lowest BCUT2D eigenvalue weighted by atomic mass is 9.95. The number of hydrogen-bond acceptors (Lipinski definition) is 5. The number of carbonyl (C=O) groups excluding carboxylic acids is 2. The van der Waals surface area contributed by atoms with Crippen LogP contribution in [0.15, 0.2) is 28.8 Å². The van der Waals surface area contributed by atoms with Crippen LogP contribution in [0.1, 0.15) is 34.5 Å². The maximum absolute atomic E-state index is 12.5. The highest BCUT2D eigenvalue weighted by molar-refractivity contribution is 5.97. The van der Waals surface area contributed by atoms with Crippen LogP contribution in [0, 0.1) is 19.8 Å². The zero-order valence-corrected chi connectivity index (χ0v) is 14.3. The lowest BCUT2D eigenvalue weighted by molar-refractivity contribution is -0.121. The van der Waals surface area contributed by atoms with Crippen molar-refractivity contribution in [3.63, 3.8) is 0 Å². The van der Waals surface area contributed by atoms with Crippen LogP contribution in [0.25, 0.3) is 0 Å². The molecule has 0 bridgehead atoms. The Morgan fingerprint density at radius 3 is 2.56 bits per heavy atom. The molecule has 3 rings (SSSR count). The second kappa shape index (κ2) is 6.96. The van der Waals surface area contributed by atoms with Gasteiger partial charge in [0.1, 0.15) is 11.5 Å². The molecule has 1 aromatic carbocycles. The molecule has 2 amide bonds. The van der Waals surface area contributed by atoms with E-state index in [4.69, 9.17) is 4.52 Å². The number of likely N-dealkylation sites (tertiary alicyclic amines) is 1. The summed E-state index contributed by atoms with van der Waals surface area (Å²) in [5.74, 6) is 0.542. The summed E-state index contributed by atoms with van der Waals surface area (Å²) in [6.07, 6.45) is 1.14. The Labute approximate surface area is 145 Å². The number of carbonyl (C=O) groups is 2. The molecule has 1 aromatic heterocycles. The first-order valence-corrected chi connectivity index (χ1v) is 8.27. The van der Waals surface area contributed by atoms with E-state index in [0.717, 1.165) is 5.56 Å². The third-order valence-corrected chi connectivity index (χ3v) is 4.42. The smallest absolute Gasteiger partial charge is 0.257 e. The van der Waals surface area contributed by atoms with E-state index in [-0.39, 0.29) is 23.5 Å². The van der Waals surface area contributed by atoms with Crippen molar-refractivity contribution in [1.82, 2.24) is 10.1 Å². The molecule has 1 aliphatic rings. The molecule has 0 spiro atoms. The normalized spacial score (nSPS) is 15.2. The summed E-state index contributed by atoms with van der Waals surface area (Å²) >= 11 is 0. The van der Waals surface area contributed by atoms with Gasteiger partial charge in [-0.15, -0.1) is 0 Å². The molecule has 2 heterocycles. The Morgan fingerprint density at radius 1 is 1.24 bits per heavy atom. The maximum Gasteiger partial charge on any atom is 0.257 e. The Morgan fingerprint density at radius 2 is 1.96 bits per heavy atom. The molecule has 25 heavy (non-hydrogen) atoms. The van der Waals surface area contributed by atoms with E-state index >= 15 is 0 Å². The molecule has 0 aliphatic carbocycles. The highest BCUT2D eigenvalue weighted by Gasteiger charge is 2.29. The Hall–Kier alpha value is -2.83. The topological polar surface area (TPSA) is 95.7 Å². The second-order valence-corrected chi connectivity index (χ2v) is 6.40. The molecule has 2 N–H and O–H groups in total. The van der Waals surface area contributed by atoms with Gasteiger partial charge < -0.3 is 19.8 Å². The molecule has 0 atom stereocenters. The third kappa shape index (κ3) is 3.81.